The minimum Gasteiger partial charge on any atom is -0.489 e. The van der Waals surface area contributed by atoms with Crippen LogP contribution in [0, 0.1) is 12.8 Å². The summed E-state index contributed by atoms with van der Waals surface area (Å²) in [4.78, 5) is 15.3. The number of aliphatic carboxylic acids is 1. The van der Waals surface area contributed by atoms with E-state index in [0.717, 1.165) is 35.3 Å². The monoisotopic (exact) mass is 313 g/mol. The molecule has 0 spiro atoms. The highest BCUT2D eigenvalue weighted by Gasteiger charge is 2.28. The second-order valence-electron chi connectivity index (χ2n) is 4.66. The van der Waals surface area contributed by atoms with Crippen LogP contribution in [0.2, 0.25) is 0 Å². The number of nitrogens with zero attached hydrogens (tertiary/aromatic N) is 1. The number of rotatable bonds is 3. The van der Waals surface area contributed by atoms with Gasteiger partial charge in [-0.25, -0.2) is 4.98 Å². The summed E-state index contributed by atoms with van der Waals surface area (Å²) in [6.45, 7) is 1.89. The molecule has 1 aromatic rings. The number of carboxylic acid groups (broad SMARTS) is 1. The zero-order chi connectivity index (χ0) is 13.1. The van der Waals surface area contributed by atoms with E-state index in [0.29, 0.717) is 6.42 Å². The Hall–Kier alpha value is -1.10. The van der Waals surface area contributed by atoms with Crippen molar-refractivity contribution < 1.29 is 14.6 Å². The molecule has 1 aliphatic carbocycles. The molecule has 1 N–H and O–H groups in total. The SMILES string of the molecule is Cc1nc(Br)ccc1O[C@H]1CCC[C@H](C(=O)O)C1. The third kappa shape index (κ3) is 3.22. The maximum absolute atomic E-state index is 11.0. The minimum atomic E-state index is -0.714. The molecular weight excluding hydrogens is 298 g/mol. The van der Waals surface area contributed by atoms with Gasteiger partial charge >= 0.3 is 5.97 Å². The lowest BCUT2D eigenvalue weighted by molar-refractivity contribution is -0.143. The van der Waals surface area contributed by atoms with Gasteiger partial charge in [0, 0.05) is 0 Å². The van der Waals surface area contributed by atoms with Crippen LogP contribution in [0.25, 0.3) is 0 Å². The van der Waals surface area contributed by atoms with E-state index in [4.69, 9.17) is 9.84 Å². The summed E-state index contributed by atoms with van der Waals surface area (Å²) >= 11 is 3.31. The Morgan fingerprint density at radius 2 is 2.28 bits per heavy atom. The topological polar surface area (TPSA) is 59.4 Å². The van der Waals surface area contributed by atoms with Crippen molar-refractivity contribution in [1.82, 2.24) is 4.98 Å². The molecular formula is C13H16BrNO3. The van der Waals surface area contributed by atoms with Gasteiger partial charge in [-0.05, 0) is 60.7 Å². The molecule has 4 nitrogen and oxygen atoms in total. The van der Waals surface area contributed by atoms with E-state index in [9.17, 15) is 4.79 Å². The molecule has 0 aliphatic heterocycles. The fourth-order valence-electron chi connectivity index (χ4n) is 2.30. The highest BCUT2D eigenvalue weighted by atomic mass is 79.9. The van der Waals surface area contributed by atoms with Crippen LogP contribution in [0.1, 0.15) is 31.4 Å². The zero-order valence-electron chi connectivity index (χ0n) is 10.2. The third-order valence-electron chi connectivity index (χ3n) is 3.27. The average Bonchev–Trinajstić information content (AvgIpc) is 2.33. The molecule has 0 amide bonds. The largest absolute Gasteiger partial charge is 0.489 e. The first-order valence-electron chi connectivity index (χ1n) is 6.09. The molecule has 1 aromatic heterocycles. The number of carbonyl (C=O) groups is 1. The molecule has 1 aliphatic rings. The fraction of sp³-hybridized carbons (Fsp3) is 0.538. The Morgan fingerprint density at radius 3 is 2.94 bits per heavy atom. The number of carboxylic acids is 1. The van der Waals surface area contributed by atoms with Gasteiger partial charge in [0.15, 0.2) is 0 Å². The van der Waals surface area contributed by atoms with Crippen LogP contribution in [0.15, 0.2) is 16.7 Å². The molecule has 18 heavy (non-hydrogen) atoms. The Kier molecular flexibility index (Phi) is 4.22. The molecule has 2 rings (SSSR count). The Morgan fingerprint density at radius 1 is 1.50 bits per heavy atom. The van der Waals surface area contributed by atoms with Gasteiger partial charge in [0.1, 0.15) is 10.4 Å². The van der Waals surface area contributed by atoms with Crippen molar-refractivity contribution in [3.8, 4) is 5.75 Å². The molecule has 0 radical (unpaired) electrons. The predicted molar refractivity (Wildman–Crippen MR) is 70.7 cm³/mol. The van der Waals surface area contributed by atoms with E-state index >= 15 is 0 Å². The standard InChI is InChI=1S/C13H16BrNO3/c1-8-11(5-6-12(14)15-8)18-10-4-2-3-9(7-10)13(16)17/h5-6,9-10H,2-4,7H2,1H3,(H,16,17)/t9-,10-/m0/s1. The summed E-state index contributed by atoms with van der Waals surface area (Å²) in [6, 6.07) is 3.70. The van der Waals surface area contributed by atoms with Gasteiger partial charge in [0.2, 0.25) is 0 Å². The van der Waals surface area contributed by atoms with E-state index in [-0.39, 0.29) is 12.0 Å². The van der Waals surface area contributed by atoms with Crippen LogP contribution >= 0.6 is 15.9 Å². The summed E-state index contributed by atoms with van der Waals surface area (Å²) in [7, 11) is 0. The van der Waals surface area contributed by atoms with Crippen LogP contribution in [-0.2, 0) is 4.79 Å². The van der Waals surface area contributed by atoms with Crippen molar-refractivity contribution in [2.45, 2.75) is 38.7 Å². The van der Waals surface area contributed by atoms with Crippen LogP contribution in [0.4, 0.5) is 0 Å². The quantitative estimate of drug-likeness (QED) is 0.871. The highest BCUT2D eigenvalue weighted by molar-refractivity contribution is 9.10. The number of halogens is 1. The number of pyridine rings is 1. The molecule has 1 heterocycles. The van der Waals surface area contributed by atoms with Crippen molar-refractivity contribution in [3.05, 3.63) is 22.4 Å². The molecule has 2 atom stereocenters. The molecule has 98 valence electrons. The Bertz CT molecular complexity index is 450. The normalized spacial score (nSPS) is 23.7. The van der Waals surface area contributed by atoms with Crippen LogP contribution < -0.4 is 4.74 Å². The average molecular weight is 314 g/mol. The van der Waals surface area contributed by atoms with Gasteiger partial charge in [-0.15, -0.1) is 0 Å². The van der Waals surface area contributed by atoms with Gasteiger partial charge in [-0.3, -0.25) is 4.79 Å². The smallest absolute Gasteiger partial charge is 0.306 e. The highest BCUT2D eigenvalue weighted by Crippen LogP contribution is 2.29. The number of aryl methyl sites for hydroxylation is 1. The maximum Gasteiger partial charge on any atom is 0.306 e. The molecule has 1 saturated carbocycles. The van der Waals surface area contributed by atoms with E-state index in [1.54, 1.807) is 0 Å². The second kappa shape index (κ2) is 5.69. The van der Waals surface area contributed by atoms with Crippen molar-refractivity contribution >= 4 is 21.9 Å². The number of hydrogen-bond donors (Lipinski definition) is 1. The molecule has 0 saturated heterocycles. The Balaban J connectivity index is 2.02. The van der Waals surface area contributed by atoms with Crippen LogP contribution in [0.3, 0.4) is 0 Å². The summed E-state index contributed by atoms with van der Waals surface area (Å²) in [6.07, 6.45) is 3.16. The summed E-state index contributed by atoms with van der Waals surface area (Å²) < 4.78 is 6.65. The van der Waals surface area contributed by atoms with Gasteiger partial charge < -0.3 is 9.84 Å². The number of hydrogen-bond acceptors (Lipinski definition) is 3. The maximum atomic E-state index is 11.0. The molecule has 0 unspecified atom stereocenters. The molecule has 0 bridgehead atoms. The zero-order valence-corrected chi connectivity index (χ0v) is 11.8. The van der Waals surface area contributed by atoms with Crippen LogP contribution in [-0.4, -0.2) is 22.2 Å². The van der Waals surface area contributed by atoms with E-state index in [1.807, 2.05) is 19.1 Å². The fourth-order valence-corrected chi connectivity index (χ4v) is 2.70. The van der Waals surface area contributed by atoms with Crippen molar-refractivity contribution in [2.75, 3.05) is 0 Å². The van der Waals surface area contributed by atoms with Gasteiger partial charge in [-0.2, -0.15) is 0 Å². The van der Waals surface area contributed by atoms with E-state index in [2.05, 4.69) is 20.9 Å². The minimum absolute atomic E-state index is 0.0125. The number of aromatic nitrogens is 1. The first kappa shape index (κ1) is 13.3. The molecule has 1 fully saturated rings. The van der Waals surface area contributed by atoms with Crippen molar-refractivity contribution in [2.24, 2.45) is 5.92 Å². The predicted octanol–water partition coefficient (Wildman–Crippen LogP) is 3.17. The van der Waals surface area contributed by atoms with Gasteiger partial charge in [-0.1, -0.05) is 0 Å². The molecule has 0 aromatic carbocycles. The number of ether oxygens (including phenoxy) is 1. The summed E-state index contributed by atoms with van der Waals surface area (Å²) in [5.74, 6) is -0.240. The first-order valence-corrected chi connectivity index (χ1v) is 6.88. The summed E-state index contributed by atoms with van der Waals surface area (Å²) in [5.41, 5.74) is 0.821. The second-order valence-corrected chi connectivity index (χ2v) is 5.47. The van der Waals surface area contributed by atoms with Gasteiger partial charge in [0.25, 0.3) is 0 Å². The Labute approximate surface area is 115 Å². The van der Waals surface area contributed by atoms with Crippen molar-refractivity contribution in [1.29, 1.82) is 0 Å². The van der Waals surface area contributed by atoms with E-state index < -0.39 is 5.97 Å². The lowest BCUT2D eigenvalue weighted by atomic mass is 9.87. The van der Waals surface area contributed by atoms with Crippen molar-refractivity contribution in [3.63, 3.8) is 0 Å². The lowest BCUT2D eigenvalue weighted by Crippen LogP contribution is -2.29. The van der Waals surface area contributed by atoms with Crippen LogP contribution in [0.5, 0.6) is 5.75 Å². The first-order chi connectivity index (χ1) is 8.56. The molecule has 5 heteroatoms. The third-order valence-corrected chi connectivity index (χ3v) is 3.71. The summed E-state index contributed by atoms with van der Waals surface area (Å²) in [5, 5.41) is 9.04. The van der Waals surface area contributed by atoms with E-state index in [1.165, 1.54) is 0 Å². The lowest BCUT2D eigenvalue weighted by Gasteiger charge is -2.27. The van der Waals surface area contributed by atoms with Gasteiger partial charge in [0.05, 0.1) is 17.7 Å².